The minimum Gasteiger partial charge on any atom is -0.433 e. The van der Waals surface area contributed by atoms with Crippen molar-refractivity contribution < 1.29 is 9.53 Å². The maximum absolute atomic E-state index is 11.8. The molecule has 1 aliphatic carbocycles. The second-order valence-corrected chi connectivity index (χ2v) is 5.48. The molecule has 1 aromatic rings. The van der Waals surface area contributed by atoms with Gasteiger partial charge in [0.15, 0.2) is 0 Å². The number of halogens is 1. The Hall–Kier alpha value is -1.60. The summed E-state index contributed by atoms with van der Waals surface area (Å²) >= 11 is 3.34. The van der Waals surface area contributed by atoms with E-state index in [1.807, 2.05) is 24.3 Å². The van der Waals surface area contributed by atoms with Crippen molar-refractivity contribution in [2.24, 2.45) is 5.92 Å². The van der Waals surface area contributed by atoms with Crippen LogP contribution in [0.3, 0.4) is 0 Å². The quantitative estimate of drug-likeness (QED) is 0.480. The van der Waals surface area contributed by atoms with Crippen LogP contribution in [0.15, 0.2) is 35.0 Å². The molecule has 0 bridgehead atoms. The van der Waals surface area contributed by atoms with Crippen LogP contribution in [-0.4, -0.2) is 5.97 Å². The average Bonchev–Trinajstić information content (AvgIpc) is 2.95. The van der Waals surface area contributed by atoms with Gasteiger partial charge in [0, 0.05) is 4.47 Å². The number of esters is 1. The zero-order valence-corrected chi connectivity index (χ0v) is 12.0. The standard InChI is InChI=1S/C15H14BrNO2/c16-14-7-5-11(6-8-14)13(9-17)10-19-15(18)12-3-1-2-4-12/h5-8,10,12H,1-4H2. The minimum atomic E-state index is -0.220. The predicted octanol–water partition coefficient (Wildman–Crippen LogP) is 4.05. The van der Waals surface area contributed by atoms with Crippen molar-refractivity contribution in [1.29, 1.82) is 5.26 Å². The maximum atomic E-state index is 11.8. The summed E-state index contributed by atoms with van der Waals surface area (Å²) in [6.45, 7) is 0. The molecule has 98 valence electrons. The smallest absolute Gasteiger partial charge is 0.313 e. The monoisotopic (exact) mass is 319 g/mol. The zero-order chi connectivity index (χ0) is 13.7. The molecule has 0 atom stereocenters. The number of benzene rings is 1. The molecule has 2 rings (SSSR count). The topological polar surface area (TPSA) is 50.1 Å². The van der Waals surface area contributed by atoms with E-state index < -0.39 is 0 Å². The molecule has 1 saturated carbocycles. The van der Waals surface area contributed by atoms with Crippen LogP contribution in [0.2, 0.25) is 0 Å². The third-order valence-electron chi connectivity index (χ3n) is 3.26. The highest BCUT2D eigenvalue weighted by Crippen LogP contribution is 2.26. The second-order valence-electron chi connectivity index (χ2n) is 4.57. The first-order chi connectivity index (χ1) is 9.20. The highest BCUT2D eigenvalue weighted by atomic mass is 79.9. The minimum absolute atomic E-state index is 0.00103. The van der Waals surface area contributed by atoms with Crippen molar-refractivity contribution >= 4 is 27.5 Å². The van der Waals surface area contributed by atoms with Gasteiger partial charge in [-0.25, -0.2) is 0 Å². The van der Waals surface area contributed by atoms with Crippen molar-refractivity contribution in [2.75, 3.05) is 0 Å². The zero-order valence-electron chi connectivity index (χ0n) is 10.4. The normalized spacial score (nSPS) is 16.1. The Morgan fingerprint density at radius 3 is 2.53 bits per heavy atom. The van der Waals surface area contributed by atoms with Crippen molar-refractivity contribution in [3.05, 3.63) is 40.6 Å². The van der Waals surface area contributed by atoms with Gasteiger partial charge < -0.3 is 4.74 Å². The number of hydrogen-bond acceptors (Lipinski definition) is 3. The van der Waals surface area contributed by atoms with Gasteiger partial charge in [-0.3, -0.25) is 4.79 Å². The molecule has 1 fully saturated rings. The molecule has 0 amide bonds. The number of nitriles is 1. The van der Waals surface area contributed by atoms with E-state index >= 15 is 0 Å². The first-order valence-electron chi connectivity index (χ1n) is 6.27. The summed E-state index contributed by atoms with van der Waals surface area (Å²) in [5.41, 5.74) is 1.10. The molecule has 0 aliphatic heterocycles. The van der Waals surface area contributed by atoms with Crippen molar-refractivity contribution in [3.8, 4) is 6.07 Å². The maximum Gasteiger partial charge on any atom is 0.313 e. The fourth-order valence-corrected chi connectivity index (χ4v) is 2.43. The van der Waals surface area contributed by atoms with Crippen LogP contribution >= 0.6 is 15.9 Å². The largest absolute Gasteiger partial charge is 0.433 e. The summed E-state index contributed by atoms with van der Waals surface area (Å²) in [7, 11) is 0. The number of allylic oxidation sites excluding steroid dienone is 1. The van der Waals surface area contributed by atoms with Gasteiger partial charge in [-0.2, -0.15) is 5.26 Å². The van der Waals surface area contributed by atoms with E-state index in [9.17, 15) is 4.79 Å². The first-order valence-corrected chi connectivity index (χ1v) is 7.06. The lowest BCUT2D eigenvalue weighted by molar-refractivity contribution is -0.142. The summed E-state index contributed by atoms with van der Waals surface area (Å²) in [6.07, 6.45) is 5.23. The van der Waals surface area contributed by atoms with Crippen LogP contribution < -0.4 is 0 Å². The second kappa shape index (κ2) is 6.53. The molecular weight excluding hydrogens is 306 g/mol. The first kappa shape index (κ1) is 13.8. The lowest BCUT2D eigenvalue weighted by Gasteiger charge is -2.06. The van der Waals surface area contributed by atoms with Gasteiger partial charge >= 0.3 is 5.97 Å². The molecule has 4 heteroatoms. The third kappa shape index (κ3) is 3.68. The van der Waals surface area contributed by atoms with E-state index in [2.05, 4.69) is 22.0 Å². The van der Waals surface area contributed by atoms with Crippen LogP contribution in [0.4, 0.5) is 0 Å². The fraction of sp³-hybridized carbons (Fsp3) is 0.333. The molecule has 0 aromatic heterocycles. The third-order valence-corrected chi connectivity index (χ3v) is 3.79. The molecule has 0 unspecified atom stereocenters. The number of rotatable bonds is 3. The highest BCUT2D eigenvalue weighted by molar-refractivity contribution is 9.10. The Morgan fingerprint density at radius 2 is 1.95 bits per heavy atom. The number of nitrogens with zero attached hydrogens (tertiary/aromatic N) is 1. The molecule has 1 aliphatic rings. The number of carbonyl (C=O) groups excluding carboxylic acids is 1. The van der Waals surface area contributed by atoms with Gasteiger partial charge in [0.05, 0.1) is 11.5 Å². The number of ether oxygens (including phenoxy) is 1. The molecule has 0 heterocycles. The Kier molecular flexibility index (Phi) is 4.75. The molecule has 0 spiro atoms. The lowest BCUT2D eigenvalue weighted by Crippen LogP contribution is -2.11. The molecule has 19 heavy (non-hydrogen) atoms. The lowest BCUT2D eigenvalue weighted by atomic mass is 10.1. The number of hydrogen-bond donors (Lipinski definition) is 0. The van der Waals surface area contributed by atoms with Crippen LogP contribution in [0.1, 0.15) is 31.2 Å². The summed E-state index contributed by atoms with van der Waals surface area (Å²) in [5, 5.41) is 9.11. The number of carbonyl (C=O) groups is 1. The Morgan fingerprint density at radius 1 is 1.32 bits per heavy atom. The average molecular weight is 320 g/mol. The van der Waals surface area contributed by atoms with E-state index in [4.69, 9.17) is 10.00 Å². The van der Waals surface area contributed by atoms with E-state index in [0.717, 1.165) is 35.7 Å². The van der Waals surface area contributed by atoms with E-state index in [-0.39, 0.29) is 11.9 Å². The van der Waals surface area contributed by atoms with Gasteiger partial charge in [0.25, 0.3) is 0 Å². The van der Waals surface area contributed by atoms with Gasteiger partial charge in [-0.05, 0) is 30.5 Å². The summed E-state index contributed by atoms with van der Waals surface area (Å²) < 4.78 is 6.07. The van der Waals surface area contributed by atoms with Crippen LogP contribution in [-0.2, 0) is 9.53 Å². The van der Waals surface area contributed by atoms with Gasteiger partial charge in [-0.1, -0.05) is 40.9 Å². The van der Waals surface area contributed by atoms with E-state index in [1.165, 1.54) is 6.26 Å². The Bertz CT molecular complexity index is 522. The predicted molar refractivity (Wildman–Crippen MR) is 75.8 cm³/mol. The molecule has 0 radical (unpaired) electrons. The Balaban J connectivity index is 2.05. The molecule has 3 nitrogen and oxygen atoms in total. The molecule has 0 saturated heterocycles. The van der Waals surface area contributed by atoms with Crippen LogP contribution in [0, 0.1) is 17.2 Å². The highest BCUT2D eigenvalue weighted by Gasteiger charge is 2.23. The van der Waals surface area contributed by atoms with Crippen molar-refractivity contribution in [2.45, 2.75) is 25.7 Å². The summed E-state index contributed by atoms with van der Waals surface area (Å²) in [5.74, 6) is -0.219. The SMILES string of the molecule is N#CC(=COC(=O)C1CCCC1)c1ccc(Br)cc1. The van der Waals surface area contributed by atoms with Gasteiger partial charge in [-0.15, -0.1) is 0 Å². The van der Waals surface area contributed by atoms with Gasteiger partial charge in [0.1, 0.15) is 12.3 Å². The van der Waals surface area contributed by atoms with Crippen molar-refractivity contribution in [1.82, 2.24) is 0 Å². The molecule has 1 aromatic carbocycles. The summed E-state index contributed by atoms with van der Waals surface area (Å²) in [6, 6.07) is 9.36. The Labute approximate surface area is 121 Å². The summed E-state index contributed by atoms with van der Waals surface area (Å²) in [4.78, 5) is 11.8. The van der Waals surface area contributed by atoms with E-state index in [1.54, 1.807) is 0 Å². The van der Waals surface area contributed by atoms with Gasteiger partial charge in [0.2, 0.25) is 0 Å². The van der Waals surface area contributed by atoms with E-state index in [0.29, 0.717) is 5.57 Å². The fourth-order valence-electron chi connectivity index (χ4n) is 2.16. The van der Waals surface area contributed by atoms with Crippen LogP contribution in [0.25, 0.3) is 5.57 Å². The van der Waals surface area contributed by atoms with Crippen LogP contribution in [0.5, 0.6) is 0 Å². The van der Waals surface area contributed by atoms with Crippen molar-refractivity contribution in [3.63, 3.8) is 0 Å². The molecule has 0 N–H and O–H groups in total. The molecular formula is C15H14BrNO2.